The second-order valence-electron chi connectivity index (χ2n) is 8.76. The van der Waals surface area contributed by atoms with Crippen LogP contribution in [0.1, 0.15) is 60.7 Å². The van der Waals surface area contributed by atoms with Crippen LogP contribution in [0.15, 0.2) is 39.1 Å². The Morgan fingerprint density at radius 3 is 2.85 bits per heavy atom. The van der Waals surface area contributed by atoms with Gasteiger partial charge in [-0.15, -0.1) is 11.3 Å². The summed E-state index contributed by atoms with van der Waals surface area (Å²) in [4.78, 5) is 37.9. The molecule has 0 bridgehead atoms. The normalized spacial score (nSPS) is 13.3. The van der Waals surface area contributed by atoms with E-state index in [9.17, 15) is 9.59 Å². The Bertz CT molecular complexity index is 1450. The SMILES string of the molecule is CCCCCCn1c(SCc2cc(=O)n3ccc(C)cc3n2)nc2sc3c(c2c1=O)CCC3. The maximum atomic E-state index is 13.6. The largest absolute Gasteiger partial charge is 0.287 e. The molecule has 0 aromatic carbocycles. The Kier molecular flexibility index (Phi) is 6.38. The minimum atomic E-state index is -0.0920. The van der Waals surface area contributed by atoms with E-state index in [-0.39, 0.29) is 11.1 Å². The average Bonchev–Trinajstić information content (AvgIpc) is 3.37. The fourth-order valence-electron chi connectivity index (χ4n) is 4.53. The molecule has 0 saturated carbocycles. The molecule has 0 saturated heterocycles. The van der Waals surface area contributed by atoms with Gasteiger partial charge in [-0.1, -0.05) is 37.9 Å². The minimum absolute atomic E-state index is 0.0920. The van der Waals surface area contributed by atoms with E-state index >= 15 is 0 Å². The number of rotatable bonds is 8. The highest BCUT2D eigenvalue weighted by Gasteiger charge is 2.23. The van der Waals surface area contributed by atoms with Crippen molar-refractivity contribution in [2.75, 3.05) is 0 Å². The lowest BCUT2D eigenvalue weighted by molar-refractivity contribution is 0.531. The molecule has 0 radical (unpaired) electrons. The van der Waals surface area contributed by atoms with Gasteiger partial charge in [0.05, 0.1) is 11.1 Å². The Morgan fingerprint density at radius 2 is 2.00 bits per heavy atom. The number of thioether (sulfide) groups is 1. The van der Waals surface area contributed by atoms with E-state index in [1.165, 1.54) is 28.6 Å². The summed E-state index contributed by atoms with van der Waals surface area (Å²) in [7, 11) is 0. The van der Waals surface area contributed by atoms with Crippen molar-refractivity contribution in [1.82, 2.24) is 18.9 Å². The highest BCUT2D eigenvalue weighted by Crippen LogP contribution is 2.36. The summed E-state index contributed by atoms with van der Waals surface area (Å²) in [5.41, 5.74) is 3.65. The predicted molar refractivity (Wildman–Crippen MR) is 136 cm³/mol. The second-order valence-corrected chi connectivity index (χ2v) is 10.8. The summed E-state index contributed by atoms with van der Waals surface area (Å²) in [5, 5.41) is 1.57. The lowest BCUT2D eigenvalue weighted by atomic mass is 10.2. The highest BCUT2D eigenvalue weighted by molar-refractivity contribution is 7.98. The Hall–Kier alpha value is -2.45. The van der Waals surface area contributed by atoms with Gasteiger partial charge in [-0.25, -0.2) is 9.97 Å². The molecule has 0 fully saturated rings. The number of pyridine rings is 1. The van der Waals surface area contributed by atoms with Gasteiger partial charge in [-0.2, -0.15) is 0 Å². The molecule has 0 spiro atoms. The third-order valence-electron chi connectivity index (χ3n) is 6.25. The molecule has 0 N–H and O–H groups in total. The number of nitrogens with zero attached hydrogens (tertiary/aromatic N) is 4. The third-order valence-corrected chi connectivity index (χ3v) is 8.45. The monoisotopic (exact) mass is 480 g/mol. The van der Waals surface area contributed by atoms with Gasteiger partial charge in [-0.05, 0) is 55.9 Å². The van der Waals surface area contributed by atoms with E-state index in [1.54, 1.807) is 28.0 Å². The van der Waals surface area contributed by atoms with Gasteiger partial charge in [-0.3, -0.25) is 18.6 Å². The van der Waals surface area contributed by atoms with Crippen molar-refractivity contribution in [2.45, 2.75) is 76.2 Å². The Morgan fingerprint density at radius 1 is 1.12 bits per heavy atom. The molecule has 172 valence electrons. The minimum Gasteiger partial charge on any atom is -0.287 e. The topological polar surface area (TPSA) is 69.3 Å². The number of hydrogen-bond acceptors (Lipinski definition) is 6. The lowest BCUT2D eigenvalue weighted by Crippen LogP contribution is -2.23. The van der Waals surface area contributed by atoms with Crippen molar-refractivity contribution in [1.29, 1.82) is 0 Å². The molecule has 0 amide bonds. The number of unbranched alkanes of at least 4 members (excludes halogenated alkanes) is 3. The van der Waals surface area contributed by atoms with E-state index < -0.39 is 0 Å². The fourth-order valence-corrected chi connectivity index (χ4v) is 6.75. The van der Waals surface area contributed by atoms with Crippen LogP contribution in [-0.4, -0.2) is 18.9 Å². The quantitative estimate of drug-likeness (QED) is 0.199. The van der Waals surface area contributed by atoms with Crippen LogP contribution in [0.4, 0.5) is 0 Å². The van der Waals surface area contributed by atoms with E-state index in [4.69, 9.17) is 4.98 Å². The predicted octanol–water partition coefficient (Wildman–Crippen LogP) is 5.14. The van der Waals surface area contributed by atoms with Crippen LogP contribution in [0.3, 0.4) is 0 Å². The van der Waals surface area contributed by atoms with E-state index in [0.717, 1.165) is 59.5 Å². The number of thiophene rings is 1. The maximum Gasteiger partial charge on any atom is 0.263 e. The first-order valence-corrected chi connectivity index (χ1v) is 13.5. The molecule has 4 heterocycles. The van der Waals surface area contributed by atoms with Crippen molar-refractivity contribution in [3.63, 3.8) is 0 Å². The summed E-state index contributed by atoms with van der Waals surface area (Å²) < 4.78 is 3.42. The zero-order valence-electron chi connectivity index (χ0n) is 19.1. The first-order chi connectivity index (χ1) is 16.0. The number of hydrogen-bond donors (Lipinski definition) is 0. The molecule has 8 heteroatoms. The number of aromatic nitrogens is 4. The molecule has 0 aliphatic heterocycles. The van der Waals surface area contributed by atoms with Crippen LogP contribution in [0.5, 0.6) is 0 Å². The molecule has 0 atom stereocenters. The van der Waals surface area contributed by atoms with Gasteiger partial charge >= 0.3 is 0 Å². The van der Waals surface area contributed by atoms with Gasteiger partial charge < -0.3 is 0 Å². The molecule has 5 rings (SSSR count). The first kappa shape index (κ1) is 22.3. The average molecular weight is 481 g/mol. The fraction of sp³-hybridized carbons (Fsp3) is 0.440. The molecule has 4 aromatic heterocycles. The van der Waals surface area contributed by atoms with Crippen molar-refractivity contribution in [3.8, 4) is 0 Å². The zero-order valence-corrected chi connectivity index (χ0v) is 20.7. The van der Waals surface area contributed by atoms with Crippen LogP contribution in [0.25, 0.3) is 15.9 Å². The van der Waals surface area contributed by atoms with Crippen LogP contribution in [-0.2, 0) is 25.1 Å². The Balaban J connectivity index is 1.49. The van der Waals surface area contributed by atoms with Gasteiger partial charge in [0.25, 0.3) is 11.1 Å². The summed E-state index contributed by atoms with van der Waals surface area (Å²) in [6, 6.07) is 5.40. The van der Waals surface area contributed by atoms with E-state index in [1.807, 2.05) is 23.6 Å². The van der Waals surface area contributed by atoms with Gasteiger partial charge in [0.2, 0.25) is 0 Å². The summed E-state index contributed by atoms with van der Waals surface area (Å²) in [6.07, 6.45) is 9.34. The smallest absolute Gasteiger partial charge is 0.263 e. The molecule has 4 aromatic rings. The second kappa shape index (κ2) is 9.43. The summed E-state index contributed by atoms with van der Waals surface area (Å²) in [5.74, 6) is 0.498. The lowest BCUT2D eigenvalue weighted by Gasteiger charge is -2.12. The Labute approximate surface area is 200 Å². The van der Waals surface area contributed by atoms with Crippen molar-refractivity contribution >= 4 is 39.0 Å². The molecule has 1 aliphatic rings. The standard InChI is InChI=1S/C25H28N4O2S2/c1-3-4-5-6-11-29-24(31)22-18-8-7-9-19(18)33-23(22)27-25(29)32-15-17-14-21(30)28-12-10-16(2)13-20(28)26-17/h10,12-14H,3-9,11,15H2,1-2H3. The zero-order chi connectivity index (χ0) is 22.9. The van der Waals surface area contributed by atoms with Crippen molar-refractivity contribution in [2.24, 2.45) is 0 Å². The van der Waals surface area contributed by atoms with Crippen LogP contribution in [0.2, 0.25) is 0 Å². The molecular weight excluding hydrogens is 452 g/mol. The molecule has 1 aliphatic carbocycles. The van der Waals surface area contributed by atoms with E-state index in [0.29, 0.717) is 23.6 Å². The highest BCUT2D eigenvalue weighted by atomic mass is 32.2. The van der Waals surface area contributed by atoms with Gasteiger partial charge in [0.15, 0.2) is 5.16 Å². The van der Waals surface area contributed by atoms with E-state index in [2.05, 4.69) is 11.9 Å². The molecule has 33 heavy (non-hydrogen) atoms. The molecule has 0 unspecified atom stereocenters. The third kappa shape index (κ3) is 4.38. The first-order valence-electron chi connectivity index (χ1n) is 11.7. The number of aryl methyl sites for hydroxylation is 3. The van der Waals surface area contributed by atoms with Crippen LogP contribution >= 0.6 is 23.1 Å². The molecule has 6 nitrogen and oxygen atoms in total. The summed E-state index contributed by atoms with van der Waals surface area (Å²) >= 11 is 3.18. The van der Waals surface area contributed by atoms with Crippen molar-refractivity contribution < 1.29 is 0 Å². The van der Waals surface area contributed by atoms with Crippen LogP contribution < -0.4 is 11.1 Å². The number of fused-ring (bicyclic) bond motifs is 4. The maximum absolute atomic E-state index is 13.6. The van der Waals surface area contributed by atoms with Crippen LogP contribution in [0, 0.1) is 6.92 Å². The molecular formula is C25H28N4O2S2. The summed E-state index contributed by atoms with van der Waals surface area (Å²) in [6.45, 7) is 4.86. The van der Waals surface area contributed by atoms with Crippen molar-refractivity contribution in [3.05, 3.63) is 66.8 Å². The van der Waals surface area contributed by atoms with Gasteiger partial charge in [0, 0.05) is 29.4 Å². The van der Waals surface area contributed by atoms with Gasteiger partial charge in [0.1, 0.15) is 10.5 Å².